The van der Waals surface area contributed by atoms with Crippen molar-refractivity contribution in [3.63, 3.8) is 0 Å². The lowest BCUT2D eigenvalue weighted by atomic mass is 10.2. The number of aryl methyl sites for hydroxylation is 1. The van der Waals surface area contributed by atoms with Gasteiger partial charge in [-0.3, -0.25) is 4.79 Å². The molecule has 8 heteroatoms. The third kappa shape index (κ3) is 6.54. The molecule has 0 spiro atoms. The molecule has 1 N–H and O–H groups in total. The first kappa shape index (κ1) is 23.7. The molecule has 3 rings (SSSR count). The molecule has 0 aromatic heterocycles. The van der Waals surface area contributed by atoms with Gasteiger partial charge in [-0.15, -0.1) is 0 Å². The summed E-state index contributed by atoms with van der Waals surface area (Å²) in [6.07, 6.45) is 1.57. The molecule has 0 fully saturated rings. The molecule has 3 aromatic carbocycles. The van der Waals surface area contributed by atoms with Gasteiger partial charge in [-0.25, -0.2) is 5.43 Å². The lowest BCUT2D eigenvalue weighted by Gasteiger charge is -2.11. The Kier molecular flexibility index (Phi) is 8.50. The lowest BCUT2D eigenvalue weighted by molar-refractivity contribution is 0.0954. The number of hydrazone groups is 1. The summed E-state index contributed by atoms with van der Waals surface area (Å²) in [7, 11) is 1.57. The highest BCUT2D eigenvalue weighted by Gasteiger charge is 2.10. The highest BCUT2D eigenvalue weighted by atomic mass is 127. The van der Waals surface area contributed by atoms with Crippen LogP contribution in [0.1, 0.15) is 27.0 Å². The second kappa shape index (κ2) is 11.1. The first-order chi connectivity index (χ1) is 14.9. The molecule has 160 valence electrons. The molecule has 0 saturated carbocycles. The van der Waals surface area contributed by atoms with Crippen molar-refractivity contribution in [3.8, 4) is 11.5 Å². The Bertz CT molecular complexity index is 1100. The van der Waals surface area contributed by atoms with Crippen molar-refractivity contribution in [3.05, 3.63) is 89.4 Å². The number of benzene rings is 3. The van der Waals surface area contributed by atoms with Crippen LogP contribution in [0.3, 0.4) is 0 Å². The van der Waals surface area contributed by atoms with E-state index in [-0.39, 0.29) is 5.91 Å². The van der Waals surface area contributed by atoms with Crippen molar-refractivity contribution < 1.29 is 14.3 Å². The number of methoxy groups -OCH3 is 1. The van der Waals surface area contributed by atoms with Gasteiger partial charge in [0.25, 0.3) is 5.91 Å². The fourth-order valence-electron chi connectivity index (χ4n) is 2.66. The summed E-state index contributed by atoms with van der Waals surface area (Å²) in [4.78, 5) is 12.3. The highest BCUT2D eigenvalue weighted by Crippen LogP contribution is 2.35. The Morgan fingerprint density at radius 3 is 2.42 bits per heavy atom. The topological polar surface area (TPSA) is 59.9 Å². The largest absolute Gasteiger partial charge is 0.496 e. The van der Waals surface area contributed by atoms with Crippen LogP contribution in [0.25, 0.3) is 0 Å². The molecule has 0 atom stereocenters. The number of ether oxygens (including phenoxy) is 2. The fraction of sp³-hybridized carbons (Fsp3) is 0.130. The molecular weight excluding hydrogens is 639 g/mol. The highest BCUT2D eigenvalue weighted by molar-refractivity contribution is 14.1. The smallest absolute Gasteiger partial charge is 0.271 e. The van der Waals surface area contributed by atoms with Crippen LogP contribution in [-0.4, -0.2) is 19.2 Å². The maximum atomic E-state index is 12.3. The Hall–Kier alpha value is -1.91. The Balaban J connectivity index is 1.64. The van der Waals surface area contributed by atoms with Crippen molar-refractivity contribution in [1.82, 2.24) is 5.43 Å². The molecule has 0 aliphatic rings. The third-order valence-corrected chi connectivity index (χ3v) is 6.39. The van der Waals surface area contributed by atoms with Crippen molar-refractivity contribution in [1.29, 1.82) is 0 Å². The van der Waals surface area contributed by atoms with Gasteiger partial charge in [0, 0.05) is 5.56 Å². The van der Waals surface area contributed by atoms with E-state index in [0.29, 0.717) is 23.7 Å². The maximum Gasteiger partial charge on any atom is 0.271 e. The lowest BCUT2D eigenvalue weighted by Crippen LogP contribution is -2.17. The second-order valence-electron chi connectivity index (χ2n) is 6.64. The van der Waals surface area contributed by atoms with Crippen LogP contribution in [0.4, 0.5) is 0 Å². The summed E-state index contributed by atoms with van der Waals surface area (Å²) in [6.45, 7) is 2.51. The van der Waals surface area contributed by atoms with Gasteiger partial charge in [-0.05, 0) is 103 Å². The van der Waals surface area contributed by atoms with Crippen LogP contribution in [0.2, 0.25) is 0 Å². The number of hydrogen-bond acceptors (Lipinski definition) is 4. The van der Waals surface area contributed by atoms with Crippen LogP contribution in [0.5, 0.6) is 11.5 Å². The standard InChI is InChI=1S/C23H19Br2IN2O3/c1-14-3-5-15(6-4-14)13-31-22-18(24)9-16(10-19(22)25)12-27-28-23(29)17-7-8-20(26)21(11-17)30-2/h3-12H,13H2,1-2H3,(H,28,29)/b27-12-. The summed E-state index contributed by atoms with van der Waals surface area (Å²) in [6, 6.07) is 17.2. The van der Waals surface area contributed by atoms with Crippen molar-refractivity contribution in [2.75, 3.05) is 7.11 Å². The SMILES string of the molecule is COc1cc(C(=O)N/N=C\c2cc(Br)c(OCc3ccc(C)cc3)c(Br)c2)ccc1I. The van der Waals surface area contributed by atoms with E-state index in [1.165, 1.54) is 5.56 Å². The number of halogens is 3. The van der Waals surface area contributed by atoms with Gasteiger partial charge in [0.1, 0.15) is 18.1 Å². The van der Waals surface area contributed by atoms with Gasteiger partial charge in [-0.2, -0.15) is 5.10 Å². The molecule has 0 aliphatic heterocycles. The van der Waals surface area contributed by atoms with E-state index < -0.39 is 0 Å². The minimum atomic E-state index is -0.317. The predicted octanol–water partition coefficient (Wildman–Crippen LogP) is 6.48. The minimum absolute atomic E-state index is 0.317. The van der Waals surface area contributed by atoms with Crippen molar-refractivity contribution in [2.24, 2.45) is 5.10 Å². The van der Waals surface area contributed by atoms with E-state index in [1.54, 1.807) is 25.5 Å². The molecule has 0 radical (unpaired) electrons. The van der Waals surface area contributed by atoms with E-state index in [4.69, 9.17) is 9.47 Å². The van der Waals surface area contributed by atoms with Gasteiger partial charge in [0.15, 0.2) is 0 Å². The van der Waals surface area contributed by atoms with Gasteiger partial charge in [-0.1, -0.05) is 29.8 Å². The van der Waals surface area contributed by atoms with E-state index >= 15 is 0 Å². The monoisotopic (exact) mass is 656 g/mol. The van der Waals surface area contributed by atoms with Crippen LogP contribution >= 0.6 is 54.5 Å². The summed E-state index contributed by atoms with van der Waals surface area (Å²) in [5, 5.41) is 4.06. The Morgan fingerprint density at radius 2 is 1.77 bits per heavy atom. The number of carbonyl (C=O) groups excluding carboxylic acids is 1. The molecule has 0 bridgehead atoms. The zero-order valence-electron chi connectivity index (χ0n) is 16.8. The molecule has 0 heterocycles. The van der Waals surface area contributed by atoms with Crippen LogP contribution in [0.15, 0.2) is 68.6 Å². The molecule has 31 heavy (non-hydrogen) atoms. The summed E-state index contributed by atoms with van der Waals surface area (Å²) in [5.74, 6) is 1.03. The number of amides is 1. The maximum absolute atomic E-state index is 12.3. The second-order valence-corrected chi connectivity index (χ2v) is 9.51. The molecule has 0 unspecified atom stereocenters. The fourth-order valence-corrected chi connectivity index (χ4v) is 4.67. The number of nitrogens with zero attached hydrogens (tertiary/aromatic N) is 1. The van der Waals surface area contributed by atoms with E-state index in [1.807, 2.05) is 30.3 Å². The first-order valence-electron chi connectivity index (χ1n) is 9.21. The van der Waals surface area contributed by atoms with Crippen LogP contribution < -0.4 is 14.9 Å². The van der Waals surface area contributed by atoms with E-state index in [2.05, 4.69) is 84.0 Å². The molecule has 0 aliphatic carbocycles. The van der Waals surface area contributed by atoms with Gasteiger partial charge in [0.2, 0.25) is 0 Å². The van der Waals surface area contributed by atoms with Crippen LogP contribution in [0, 0.1) is 10.5 Å². The average Bonchev–Trinajstić information content (AvgIpc) is 2.74. The van der Waals surface area contributed by atoms with Crippen molar-refractivity contribution in [2.45, 2.75) is 13.5 Å². The molecular formula is C23H19Br2IN2O3. The van der Waals surface area contributed by atoms with E-state index in [0.717, 1.165) is 23.6 Å². The van der Waals surface area contributed by atoms with Gasteiger partial charge < -0.3 is 9.47 Å². The van der Waals surface area contributed by atoms with E-state index in [9.17, 15) is 4.79 Å². The summed E-state index contributed by atoms with van der Waals surface area (Å²) < 4.78 is 13.7. The number of rotatable bonds is 7. The average molecular weight is 658 g/mol. The minimum Gasteiger partial charge on any atom is -0.496 e. The normalized spacial score (nSPS) is 10.9. The zero-order valence-corrected chi connectivity index (χ0v) is 22.1. The molecule has 0 saturated heterocycles. The summed E-state index contributed by atoms with van der Waals surface area (Å²) in [5.41, 5.74) is 6.10. The van der Waals surface area contributed by atoms with Gasteiger partial charge in [0.05, 0.1) is 25.8 Å². The Morgan fingerprint density at radius 1 is 1.10 bits per heavy atom. The van der Waals surface area contributed by atoms with Crippen LogP contribution in [-0.2, 0) is 6.61 Å². The van der Waals surface area contributed by atoms with Crippen molar-refractivity contribution >= 4 is 66.6 Å². The molecule has 5 nitrogen and oxygen atoms in total. The zero-order chi connectivity index (χ0) is 22.4. The first-order valence-corrected chi connectivity index (χ1v) is 11.9. The number of carbonyl (C=O) groups is 1. The van der Waals surface area contributed by atoms with Gasteiger partial charge >= 0.3 is 0 Å². The summed E-state index contributed by atoms with van der Waals surface area (Å²) >= 11 is 9.24. The third-order valence-electron chi connectivity index (χ3n) is 4.32. The number of hydrogen-bond donors (Lipinski definition) is 1. The quantitative estimate of drug-likeness (QED) is 0.180. The number of nitrogens with one attached hydrogen (secondary N) is 1. The predicted molar refractivity (Wildman–Crippen MR) is 138 cm³/mol. The molecule has 1 amide bonds. The molecule has 3 aromatic rings. The Labute approximate surface area is 211 Å².